The van der Waals surface area contributed by atoms with E-state index in [2.05, 4.69) is 28.6 Å². The third kappa shape index (κ3) is 2.07. The van der Waals surface area contributed by atoms with Crippen LogP contribution < -0.4 is 0 Å². The van der Waals surface area contributed by atoms with Gasteiger partial charge < -0.3 is 4.57 Å². The summed E-state index contributed by atoms with van der Waals surface area (Å²) in [5.41, 5.74) is 0. The summed E-state index contributed by atoms with van der Waals surface area (Å²) in [6.07, 6.45) is 6.87. The van der Waals surface area contributed by atoms with Crippen molar-refractivity contribution in [3.63, 3.8) is 0 Å². The molecule has 3 atom stereocenters. The van der Waals surface area contributed by atoms with Gasteiger partial charge in [0.2, 0.25) is 0 Å². The molecule has 4 heteroatoms. The zero-order valence-corrected chi connectivity index (χ0v) is 12.0. The maximum absolute atomic E-state index is 5.95. The van der Waals surface area contributed by atoms with Gasteiger partial charge in [-0.25, -0.2) is 0 Å². The molecule has 2 saturated carbocycles. The molecule has 0 spiro atoms. The van der Waals surface area contributed by atoms with Gasteiger partial charge in [0.05, 0.1) is 5.88 Å². The summed E-state index contributed by atoms with van der Waals surface area (Å²) in [6.45, 7) is 4.37. The Balaban J connectivity index is 1.78. The Labute approximate surface area is 114 Å². The molecule has 2 bridgehead atoms. The van der Waals surface area contributed by atoms with E-state index in [1.165, 1.54) is 25.7 Å². The van der Waals surface area contributed by atoms with Crippen LogP contribution in [-0.4, -0.2) is 14.8 Å². The Hall–Kier alpha value is -0.570. The zero-order chi connectivity index (χ0) is 12.7. The fraction of sp³-hybridized carbons (Fsp3) is 0.857. The first-order chi connectivity index (χ1) is 8.69. The molecular formula is C14H22ClN3. The highest BCUT2D eigenvalue weighted by atomic mass is 35.5. The van der Waals surface area contributed by atoms with E-state index in [1.54, 1.807) is 0 Å². The highest BCUT2D eigenvalue weighted by molar-refractivity contribution is 6.16. The van der Waals surface area contributed by atoms with Crippen molar-refractivity contribution in [1.82, 2.24) is 14.8 Å². The topological polar surface area (TPSA) is 30.7 Å². The lowest BCUT2D eigenvalue weighted by Crippen LogP contribution is -2.17. The molecule has 2 fully saturated rings. The number of rotatable bonds is 4. The molecule has 0 N–H and O–H groups in total. The van der Waals surface area contributed by atoms with Gasteiger partial charge in [0.1, 0.15) is 11.6 Å². The molecule has 0 aliphatic heterocycles. The van der Waals surface area contributed by atoms with Crippen LogP contribution in [0.4, 0.5) is 0 Å². The summed E-state index contributed by atoms with van der Waals surface area (Å²) in [5, 5.41) is 8.62. The highest BCUT2D eigenvalue weighted by Gasteiger charge is 2.40. The number of hydrogen-bond acceptors (Lipinski definition) is 2. The number of hydrogen-bond donors (Lipinski definition) is 0. The zero-order valence-electron chi connectivity index (χ0n) is 11.3. The predicted octanol–water partition coefficient (Wildman–Crippen LogP) is 3.58. The molecular weight excluding hydrogens is 246 g/mol. The average Bonchev–Trinajstić information content (AvgIpc) is 3.02. The number of alkyl halides is 1. The van der Waals surface area contributed by atoms with Crippen LogP contribution in [0.5, 0.6) is 0 Å². The minimum atomic E-state index is 0.405. The molecule has 3 unspecified atom stereocenters. The van der Waals surface area contributed by atoms with Crippen LogP contribution >= 0.6 is 11.6 Å². The maximum Gasteiger partial charge on any atom is 0.148 e. The molecule has 100 valence electrons. The van der Waals surface area contributed by atoms with Gasteiger partial charge in [-0.1, -0.05) is 6.42 Å². The third-order valence-corrected chi connectivity index (χ3v) is 5.04. The predicted molar refractivity (Wildman–Crippen MR) is 72.6 cm³/mol. The molecule has 0 amide bonds. The van der Waals surface area contributed by atoms with Crippen LogP contribution in [0.1, 0.15) is 57.2 Å². The van der Waals surface area contributed by atoms with Gasteiger partial charge in [-0.2, -0.15) is 0 Å². The lowest BCUT2D eigenvalue weighted by Gasteiger charge is -2.22. The van der Waals surface area contributed by atoms with Crippen molar-refractivity contribution in [1.29, 1.82) is 0 Å². The van der Waals surface area contributed by atoms with E-state index in [1.807, 2.05) is 0 Å². The van der Waals surface area contributed by atoms with Crippen LogP contribution in [0.3, 0.4) is 0 Å². The number of halogens is 1. The second-order valence-electron chi connectivity index (χ2n) is 6.27. The van der Waals surface area contributed by atoms with Crippen LogP contribution in [0.15, 0.2) is 0 Å². The molecule has 3 nitrogen and oxygen atoms in total. The summed E-state index contributed by atoms with van der Waals surface area (Å²) in [6, 6.07) is 0.405. The fourth-order valence-corrected chi connectivity index (χ4v) is 4.23. The monoisotopic (exact) mass is 267 g/mol. The van der Waals surface area contributed by atoms with Gasteiger partial charge in [-0.3, -0.25) is 0 Å². The van der Waals surface area contributed by atoms with Crippen molar-refractivity contribution in [3.8, 4) is 0 Å². The summed E-state index contributed by atoms with van der Waals surface area (Å²) in [5.74, 6) is 5.33. The first-order valence-electron chi connectivity index (χ1n) is 7.17. The smallest absolute Gasteiger partial charge is 0.148 e. The van der Waals surface area contributed by atoms with E-state index in [4.69, 9.17) is 11.6 Å². The summed E-state index contributed by atoms with van der Waals surface area (Å²) < 4.78 is 2.24. The van der Waals surface area contributed by atoms with Crippen molar-refractivity contribution in [2.75, 3.05) is 0 Å². The van der Waals surface area contributed by atoms with E-state index in [9.17, 15) is 0 Å². The normalized spacial score (nSPS) is 30.6. The van der Waals surface area contributed by atoms with Crippen molar-refractivity contribution in [2.24, 2.45) is 17.8 Å². The van der Waals surface area contributed by atoms with E-state index in [0.29, 0.717) is 11.9 Å². The summed E-state index contributed by atoms with van der Waals surface area (Å²) in [7, 11) is 0. The minimum absolute atomic E-state index is 0.405. The van der Waals surface area contributed by atoms with Crippen LogP contribution in [0.25, 0.3) is 0 Å². The number of fused-ring (bicyclic) bond motifs is 2. The van der Waals surface area contributed by atoms with Crippen LogP contribution in [0.2, 0.25) is 0 Å². The number of nitrogens with zero attached hydrogens (tertiary/aromatic N) is 3. The largest absolute Gasteiger partial charge is 0.311 e. The van der Waals surface area contributed by atoms with Crippen molar-refractivity contribution in [2.45, 2.75) is 57.9 Å². The highest BCUT2D eigenvalue weighted by Crippen LogP contribution is 2.49. The van der Waals surface area contributed by atoms with E-state index in [0.717, 1.165) is 35.8 Å². The van der Waals surface area contributed by atoms with Crippen LogP contribution in [-0.2, 0) is 12.3 Å². The molecule has 1 heterocycles. The Kier molecular flexibility index (Phi) is 3.35. The van der Waals surface area contributed by atoms with Gasteiger partial charge in [-0.15, -0.1) is 21.8 Å². The summed E-state index contributed by atoms with van der Waals surface area (Å²) >= 11 is 5.95. The molecule has 18 heavy (non-hydrogen) atoms. The molecule has 2 aliphatic rings. The standard InChI is InChI=1S/C14H22ClN3/c1-9(2)18-13(16-17-14(18)8-15)7-12-6-10-3-4-11(12)5-10/h9-12H,3-8H2,1-2H3. The molecule has 1 aromatic rings. The Morgan fingerprint density at radius 2 is 2.00 bits per heavy atom. The quantitative estimate of drug-likeness (QED) is 0.781. The SMILES string of the molecule is CC(C)n1c(CCl)nnc1CC1CC2CCC1C2. The van der Waals surface area contributed by atoms with Gasteiger partial charge >= 0.3 is 0 Å². The maximum atomic E-state index is 5.95. The van der Waals surface area contributed by atoms with Gasteiger partial charge in [0.25, 0.3) is 0 Å². The fourth-order valence-electron chi connectivity index (χ4n) is 4.05. The Morgan fingerprint density at radius 3 is 2.56 bits per heavy atom. The Morgan fingerprint density at radius 1 is 1.22 bits per heavy atom. The van der Waals surface area contributed by atoms with Crippen molar-refractivity contribution < 1.29 is 0 Å². The van der Waals surface area contributed by atoms with Crippen molar-refractivity contribution in [3.05, 3.63) is 11.6 Å². The first kappa shape index (κ1) is 12.5. The van der Waals surface area contributed by atoms with Crippen molar-refractivity contribution >= 4 is 11.6 Å². The minimum Gasteiger partial charge on any atom is -0.311 e. The molecule has 1 aromatic heterocycles. The van der Waals surface area contributed by atoms with Gasteiger partial charge in [0.15, 0.2) is 0 Å². The average molecular weight is 268 g/mol. The van der Waals surface area contributed by atoms with Gasteiger partial charge in [-0.05, 0) is 50.9 Å². The number of aromatic nitrogens is 3. The van der Waals surface area contributed by atoms with Gasteiger partial charge in [0, 0.05) is 12.5 Å². The third-order valence-electron chi connectivity index (χ3n) is 4.80. The lowest BCUT2D eigenvalue weighted by atomic mass is 9.86. The lowest BCUT2D eigenvalue weighted by molar-refractivity contribution is 0.321. The first-order valence-corrected chi connectivity index (χ1v) is 7.71. The second kappa shape index (κ2) is 4.84. The molecule has 0 radical (unpaired) electrons. The molecule has 0 aromatic carbocycles. The van der Waals surface area contributed by atoms with E-state index < -0.39 is 0 Å². The van der Waals surface area contributed by atoms with Crippen LogP contribution in [0, 0.1) is 17.8 Å². The molecule has 3 rings (SSSR count). The Bertz CT molecular complexity index is 427. The molecule has 2 aliphatic carbocycles. The summed E-state index contributed by atoms with van der Waals surface area (Å²) in [4.78, 5) is 0. The van der Waals surface area contributed by atoms with E-state index >= 15 is 0 Å². The second-order valence-corrected chi connectivity index (χ2v) is 6.54. The molecule has 0 saturated heterocycles. The van der Waals surface area contributed by atoms with E-state index in [-0.39, 0.29) is 0 Å².